The van der Waals surface area contributed by atoms with E-state index in [1.165, 1.54) is 25.4 Å². The van der Waals surface area contributed by atoms with Crippen LogP contribution >= 0.6 is 0 Å². The Bertz CT molecular complexity index is 1580. The van der Waals surface area contributed by atoms with Gasteiger partial charge in [-0.2, -0.15) is 13.2 Å². The normalized spacial score (nSPS) is 11.5. The molecule has 1 amide bonds. The minimum atomic E-state index is -4.47. The Morgan fingerprint density at radius 3 is 2.51 bits per heavy atom. The number of carbonyl (C=O) groups excluding carboxylic acids is 1. The van der Waals surface area contributed by atoms with Crippen LogP contribution in [0.5, 0.6) is 5.75 Å². The molecule has 0 aliphatic rings. The largest absolute Gasteiger partial charge is 0.494 e. The number of carbonyl (C=O) groups is 1. The van der Waals surface area contributed by atoms with Crippen LogP contribution in [0.15, 0.2) is 55.3 Å². The highest BCUT2D eigenvalue weighted by Gasteiger charge is 2.31. The van der Waals surface area contributed by atoms with Crippen molar-refractivity contribution in [3.63, 3.8) is 0 Å². The lowest BCUT2D eigenvalue weighted by atomic mass is 10.2. The third kappa shape index (κ3) is 6.57. The van der Waals surface area contributed by atoms with Crippen molar-refractivity contribution >= 4 is 40.0 Å². The van der Waals surface area contributed by atoms with Crippen LogP contribution in [0.2, 0.25) is 0 Å². The second-order valence-corrected chi connectivity index (χ2v) is 9.57. The summed E-state index contributed by atoms with van der Waals surface area (Å²) in [5.41, 5.74) is 2.08. The fourth-order valence-electron chi connectivity index (χ4n) is 4.17. The molecule has 0 saturated heterocycles. The first-order chi connectivity index (χ1) is 19.4. The summed E-state index contributed by atoms with van der Waals surface area (Å²) in [6, 6.07) is 8.55. The molecule has 216 valence electrons. The molecule has 2 N–H and O–H groups in total. The molecule has 0 aliphatic carbocycles. The number of halogens is 3. The summed E-state index contributed by atoms with van der Waals surface area (Å²) in [4.78, 5) is 29.5. The molecule has 4 rings (SSSR count). The summed E-state index contributed by atoms with van der Waals surface area (Å²) in [5, 5.41) is 5.97. The number of likely N-dealkylation sites (N-methyl/N-ethyl adjacent to an activating group) is 2. The number of benzene rings is 2. The quantitative estimate of drug-likeness (QED) is 0.260. The number of aryl methyl sites for hydroxylation is 1. The molecule has 2 aromatic heterocycles. The molecule has 0 unspecified atom stereocenters. The van der Waals surface area contributed by atoms with Gasteiger partial charge < -0.3 is 29.7 Å². The monoisotopic (exact) mass is 568 g/mol. The highest BCUT2D eigenvalue weighted by atomic mass is 19.4. The number of hydrogen-bond donors (Lipinski definition) is 2. The van der Waals surface area contributed by atoms with E-state index >= 15 is 0 Å². The van der Waals surface area contributed by atoms with Gasteiger partial charge >= 0.3 is 6.18 Å². The standard InChI is InChI=1S/C28H31F3N8O2/c1-7-25(40)33-20-15-21(24(41-6)16-23(20)38(4)13-12-37(2)3)36-27-32-11-10-18(35-27)26-34-19-14-17(28(29,30)31)8-9-22(19)39(26)5/h7-11,14-16H,1,12-13H2,2-6H3,(H,33,40)(H,32,35,36). The second kappa shape index (κ2) is 11.8. The highest BCUT2D eigenvalue weighted by Crippen LogP contribution is 2.38. The molecule has 2 heterocycles. The lowest BCUT2D eigenvalue weighted by Crippen LogP contribution is -2.29. The van der Waals surface area contributed by atoms with Crippen molar-refractivity contribution in [1.29, 1.82) is 0 Å². The van der Waals surface area contributed by atoms with Crippen molar-refractivity contribution in [3.05, 3.63) is 60.8 Å². The highest BCUT2D eigenvalue weighted by molar-refractivity contribution is 6.02. The van der Waals surface area contributed by atoms with Crippen LogP contribution in [-0.4, -0.2) is 71.7 Å². The Morgan fingerprint density at radius 2 is 1.85 bits per heavy atom. The van der Waals surface area contributed by atoms with Gasteiger partial charge in [-0.05, 0) is 50.5 Å². The fraction of sp³-hybridized carbons (Fsp3) is 0.286. The van der Waals surface area contributed by atoms with E-state index < -0.39 is 11.7 Å². The van der Waals surface area contributed by atoms with Crippen molar-refractivity contribution < 1.29 is 22.7 Å². The van der Waals surface area contributed by atoms with Crippen molar-refractivity contribution in [2.45, 2.75) is 6.18 Å². The first kappa shape index (κ1) is 29.3. The van der Waals surface area contributed by atoms with Gasteiger partial charge in [-0.25, -0.2) is 15.0 Å². The predicted molar refractivity (Wildman–Crippen MR) is 154 cm³/mol. The van der Waals surface area contributed by atoms with Crippen LogP contribution in [0.1, 0.15) is 5.56 Å². The molecule has 10 nitrogen and oxygen atoms in total. The smallest absolute Gasteiger partial charge is 0.416 e. The average Bonchev–Trinajstić information content (AvgIpc) is 3.27. The van der Waals surface area contributed by atoms with Crippen molar-refractivity contribution in [2.75, 3.05) is 56.9 Å². The molecule has 4 aromatic rings. The Labute approximate surface area is 235 Å². The molecule has 0 fully saturated rings. The number of anilines is 4. The van der Waals surface area contributed by atoms with Crippen LogP contribution < -0.4 is 20.3 Å². The number of alkyl halides is 3. The summed E-state index contributed by atoms with van der Waals surface area (Å²) in [5.74, 6) is 0.661. The Kier molecular flexibility index (Phi) is 8.47. The van der Waals surface area contributed by atoms with E-state index in [1.54, 1.807) is 29.8 Å². The van der Waals surface area contributed by atoms with Crippen molar-refractivity contribution in [3.8, 4) is 17.3 Å². The molecule has 0 bridgehead atoms. The molecule has 2 aromatic carbocycles. The van der Waals surface area contributed by atoms with Gasteiger partial charge in [0, 0.05) is 39.4 Å². The third-order valence-electron chi connectivity index (χ3n) is 6.39. The van der Waals surface area contributed by atoms with Crippen LogP contribution in [0.3, 0.4) is 0 Å². The van der Waals surface area contributed by atoms with E-state index in [-0.39, 0.29) is 17.4 Å². The molecule has 0 saturated carbocycles. The molecule has 0 aliphatic heterocycles. The van der Waals surface area contributed by atoms with E-state index in [1.807, 2.05) is 26.0 Å². The van der Waals surface area contributed by atoms with E-state index in [9.17, 15) is 18.0 Å². The third-order valence-corrected chi connectivity index (χ3v) is 6.39. The SMILES string of the molecule is C=CC(=O)Nc1cc(Nc2nccc(-c3nc4cc(C(F)(F)F)ccc4n3C)n2)c(OC)cc1N(C)CCN(C)C. The lowest BCUT2D eigenvalue weighted by Gasteiger charge is -2.26. The van der Waals surface area contributed by atoms with E-state index in [0.29, 0.717) is 40.7 Å². The average molecular weight is 569 g/mol. The number of ether oxygens (including phenoxy) is 1. The zero-order chi connectivity index (χ0) is 29.9. The van der Waals surface area contributed by atoms with Crippen LogP contribution in [-0.2, 0) is 18.0 Å². The Morgan fingerprint density at radius 1 is 1.10 bits per heavy atom. The maximum atomic E-state index is 13.2. The first-order valence-electron chi connectivity index (χ1n) is 12.6. The van der Waals surface area contributed by atoms with Crippen LogP contribution in [0, 0.1) is 0 Å². The summed E-state index contributed by atoms with van der Waals surface area (Å²) in [6.07, 6.45) is -1.78. The maximum absolute atomic E-state index is 13.2. The Balaban J connectivity index is 1.70. The van der Waals surface area contributed by atoms with Gasteiger partial charge in [0.2, 0.25) is 11.9 Å². The molecule has 0 atom stereocenters. The first-order valence-corrected chi connectivity index (χ1v) is 12.6. The number of rotatable bonds is 10. The fourth-order valence-corrected chi connectivity index (χ4v) is 4.17. The molecular weight excluding hydrogens is 537 g/mol. The van der Waals surface area contributed by atoms with Crippen LogP contribution in [0.25, 0.3) is 22.6 Å². The number of nitrogens with one attached hydrogen (secondary N) is 2. The minimum Gasteiger partial charge on any atom is -0.494 e. The molecule has 13 heteroatoms. The second-order valence-electron chi connectivity index (χ2n) is 9.57. The number of methoxy groups -OCH3 is 1. The van der Waals surface area contributed by atoms with Gasteiger partial charge in [0.1, 0.15) is 11.4 Å². The number of nitrogens with zero attached hydrogens (tertiary/aromatic N) is 6. The van der Waals surface area contributed by atoms with Gasteiger partial charge in [-0.3, -0.25) is 4.79 Å². The molecular formula is C28H31F3N8O2. The van der Waals surface area contributed by atoms with E-state index in [4.69, 9.17) is 4.74 Å². The summed E-state index contributed by atoms with van der Waals surface area (Å²) >= 11 is 0. The zero-order valence-corrected chi connectivity index (χ0v) is 23.4. The molecule has 0 spiro atoms. The lowest BCUT2D eigenvalue weighted by molar-refractivity contribution is -0.137. The summed E-state index contributed by atoms with van der Waals surface area (Å²) in [7, 11) is 9.09. The number of fused-ring (bicyclic) bond motifs is 1. The maximum Gasteiger partial charge on any atom is 0.416 e. The van der Waals surface area contributed by atoms with E-state index in [0.717, 1.165) is 24.4 Å². The van der Waals surface area contributed by atoms with Gasteiger partial charge in [-0.15, -0.1) is 0 Å². The topological polar surface area (TPSA) is 100 Å². The van der Waals surface area contributed by atoms with Gasteiger partial charge in [-0.1, -0.05) is 6.58 Å². The zero-order valence-electron chi connectivity index (χ0n) is 23.4. The van der Waals surface area contributed by atoms with Crippen molar-refractivity contribution in [1.82, 2.24) is 24.4 Å². The number of aromatic nitrogens is 4. The summed E-state index contributed by atoms with van der Waals surface area (Å²) < 4.78 is 47.0. The van der Waals surface area contributed by atoms with Gasteiger partial charge in [0.05, 0.1) is 40.8 Å². The van der Waals surface area contributed by atoms with Gasteiger partial charge in [0.25, 0.3) is 0 Å². The number of hydrogen-bond acceptors (Lipinski definition) is 8. The number of amides is 1. The number of imidazole rings is 1. The minimum absolute atomic E-state index is 0.193. The van der Waals surface area contributed by atoms with E-state index in [2.05, 4.69) is 37.1 Å². The van der Waals surface area contributed by atoms with Gasteiger partial charge in [0.15, 0.2) is 5.82 Å². The molecule has 41 heavy (non-hydrogen) atoms. The Hall–Kier alpha value is -4.65. The molecule has 0 radical (unpaired) electrons. The summed E-state index contributed by atoms with van der Waals surface area (Å²) in [6.45, 7) is 5.01. The van der Waals surface area contributed by atoms with Crippen LogP contribution in [0.4, 0.5) is 36.2 Å². The predicted octanol–water partition coefficient (Wildman–Crippen LogP) is 4.92. The van der Waals surface area contributed by atoms with Crippen molar-refractivity contribution in [2.24, 2.45) is 7.05 Å².